The summed E-state index contributed by atoms with van der Waals surface area (Å²) in [7, 11) is 0. The van der Waals surface area contributed by atoms with Crippen LogP contribution in [0.15, 0.2) is 24.3 Å². The molecule has 2 nitrogen and oxygen atoms in total. The fourth-order valence-electron chi connectivity index (χ4n) is 2.56. The lowest BCUT2D eigenvalue weighted by molar-refractivity contribution is -0.121. The Morgan fingerprint density at radius 1 is 1.28 bits per heavy atom. The Morgan fingerprint density at radius 3 is 2.72 bits per heavy atom. The number of halogens is 1. The molecule has 0 saturated heterocycles. The first-order valence-corrected chi connectivity index (χ1v) is 7.13. The zero-order valence-corrected chi connectivity index (χ0v) is 11.4. The first-order valence-electron chi connectivity index (χ1n) is 6.76. The van der Waals surface area contributed by atoms with Crippen molar-refractivity contribution in [3.8, 4) is 0 Å². The van der Waals surface area contributed by atoms with Crippen molar-refractivity contribution in [2.75, 3.05) is 0 Å². The third-order valence-corrected chi connectivity index (χ3v) is 4.06. The summed E-state index contributed by atoms with van der Waals surface area (Å²) in [6.45, 7) is 0.531. The van der Waals surface area contributed by atoms with Crippen molar-refractivity contribution in [1.82, 2.24) is 5.32 Å². The fourth-order valence-corrected chi connectivity index (χ4v) is 2.76. The number of hydrogen-bond acceptors (Lipinski definition) is 1. The van der Waals surface area contributed by atoms with E-state index in [-0.39, 0.29) is 5.91 Å². The summed E-state index contributed by atoms with van der Waals surface area (Å²) in [5.41, 5.74) is 0.980. The van der Waals surface area contributed by atoms with Crippen molar-refractivity contribution in [2.45, 2.75) is 45.1 Å². The molecule has 1 fully saturated rings. The van der Waals surface area contributed by atoms with E-state index >= 15 is 0 Å². The number of benzene rings is 1. The molecule has 0 spiro atoms. The molecule has 1 aromatic rings. The first-order chi connectivity index (χ1) is 8.75. The summed E-state index contributed by atoms with van der Waals surface area (Å²) in [5, 5.41) is 3.66. The van der Waals surface area contributed by atoms with E-state index < -0.39 is 0 Å². The standard InChI is InChI=1S/C15H20ClNO/c16-14-8-4-3-7-13(14)11-17-15(18)10-9-12-5-1-2-6-12/h3-4,7-8,12H,1-2,5-6,9-11H2,(H,17,18). The van der Waals surface area contributed by atoms with Gasteiger partial charge in [0.05, 0.1) is 0 Å². The largest absolute Gasteiger partial charge is 0.352 e. The molecule has 1 aliphatic rings. The van der Waals surface area contributed by atoms with E-state index in [9.17, 15) is 4.79 Å². The molecule has 2 rings (SSSR count). The monoisotopic (exact) mass is 265 g/mol. The molecular formula is C15H20ClNO. The maximum absolute atomic E-state index is 11.7. The molecule has 0 bridgehead atoms. The van der Waals surface area contributed by atoms with Crippen molar-refractivity contribution < 1.29 is 4.79 Å². The second-order valence-corrected chi connectivity index (χ2v) is 5.46. The molecule has 1 amide bonds. The van der Waals surface area contributed by atoms with Crippen LogP contribution in [0.5, 0.6) is 0 Å². The Hall–Kier alpha value is -1.02. The number of amides is 1. The predicted molar refractivity (Wildman–Crippen MR) is 74.5 cm³/mol. The molecule has 1 aromatic carbocycles. The van der Waals surface area contributed by atoms with E-state index in [1.807, 2.05) is 24.3 Å². The van der Waals surface area contributed by atoms with Crippen LogP contribution in [-0.4, -0.2) is 5.91 Å². The average molecular weight is 266 g/mol. The van der Waals surface area contributed by atoms with Gasteiger partial charge in [0.2, 0.25) is 5.91 Å². The van der Waals surface area contributed by atoms with Crippen LogP contribution in [0.25, 0.3) is 0 Å². The molecule has 98 valence electrons. The van der Waals surface area contributed by atoms with Gasteiger partial charge in [-0.2, -0.15) is 0 Å². The van der Waals surface area contributed by atoms with E-state index in [2.05, 4.69) is 5.32 Å². The molecule has 1 N–H and O–H groups in total. The van der Waals surface area contributed by atoms with Gasteiger partial charge >= 0.3 is 0 Å². The molecule has 0 atom stereocenters. The van der Waals surface area contributed by atoms with Crippen LogP contribution in [-0.2, 0) is 11.3 Å². The van der Waals surface area contributed by atoms with E-state index in [0.717, 1.165) is 17.9 Å². The summed E-state index contributed by atoms with van der Waals surface area (Å²) in [5.74, 6) is 0.915. The second kappa shape index (κ2) is 6.79. The Morgan fingerprint density at radius 2 is 2.00 bits per heavy atom. The van der Waals surface area contributed by atoms with Crippen LogP contribution >= 0.6 is 11.6 Å². The van der Waals surface area contributed by atoms with Crippen molar-refractivity contribution in [1.29, 1.82) is 0 Å². The minimum absolute atomic E-state index is 0.141. The summed E-state index contributed by atoms with van der Waals surface area (Å²) >= 11 is 6.04. The van der Waals surface area contributed by atoms with Crippen molar-refractivity contribution in [3.63, 3.8) is 0 Å². The van der Waals surface area contributed by atoms with Crippen molar-refractivity contribution in [3.05, 3.63) is 34.9 Å². The minimum atomic E-state index is 0.141. The maximum atomic E-state index is 11.7. The molecule has 0 radical (unpaired) electrons. The number of rotatable bonds is 5. The highest BCUT2D eigenvalue weighted by Gasteiger charge is 2.16. The van der Waals surface area contributed by atoms with Crippen LogP contribution in [0.4, 0.5) is 0 Å². The average Bonchev–Trinajstić information content (AvgIpc) is 2.88. The van der Waals surface area contributed by atoms with Gasteiger partial charge in [-0.15, -0.1) is 0 Å². The lowest BCUT2D eigenvalue weighted by Gasteiger charge is -2.09. The molecule has 3 heteroatoms. The van der Waals surface area contributed by atoms with Gasteiger partial charge in [-0.05, 0) is 24.0 Å². The van der Waals surface area contributed by atoms with Gasteiger partial charge in [0, 0.05) is 18.0 Å². The van der Waals surface area contributed by atoms with Crippen molar-refractivity contribution in [2.24, 2.45) is 5.92 Å². The van der Waals surface area contributed by atoms with Crippen LogP contribution in [0, 0.1) is 5.92 Å². The van der Waals surface area contributed by atoms with Crippen LogP contribution < -0.4 is 5.32 Å². The van der Waals surface area contributed by atoms with E-state index in [0.29, 0.717) is 18.0 Å². The Bertz CT molecular complexity index is 399. The third kappa shape index (κ3) is 4.02. The van der Waals surface area contributed by atoms with Gasteiger partial charge in [0.1, 0.15) is 0 Å². The van der Waals surface area contributed by atoms with Crippen molar-refractivity contribution >= 4 is 17.5 Å². The number of hydrogen-bond donors (Lipinski definition) is 1. The molecule has 18 heavy (non-hydrogen) atoms. The normalized spacial score (nSPS) is 15.8. The highest BCUT2D eigenvalue weighted by atomic mass is 35.5. The van der Waals surface area contributed by atoms with E-state index in [4.69, 9.17) is 11.6 Å². The maximum Gasteiger partial charge on any atom is 0.220 e. The minimum Gasteiger partial charge on any atom is -0.352 e. The number of nitrogens with one attached hydrogen (secondary N) is 1. The lowest BCUT2D eigenvalue weighted by atomic mass is 10.0. The molecule has 0 heterocycles. The Kier molecular flexibility index (Phi) is 5.06. The molecule has 0 aromatic heterocycles. The summed E-state index contributed by atoms with van der Waals surface area (Å²) in [6.07, 6.45) is 6.97. The van der Waals surface area contributed by atoms with E-state index in [1.165, 1.54) is 25.7 Å². The van der Waals surface area contributed by atoms with Gasteiger partial charge in [-0.1, -0.05) is 55.5 Å². The van der Waals surface area contributed by atoms with E-state index in [1.54, 1.807) is 0 Å². The number of carbonyl (C=O) groups is 1. The van der Waals surface area contributed by atoms with Crippen LogP contribution in [0.2, 0.25) is 5.02 Å². The quantitative estimate of drug-likeness (QED) is 0.859. The smallest absolute Gasteiger partial charge is 0.220 e. The van der Waals surface area contributed by atoms with Crippen LogP contribution in [0.1, 0.15) is 44.1 Å². The van der Waals surface area contributed by atoms with Gasteiger partial charge in [0.25, 0.3) is 0 Å². The molecule has 1 saturated carbocycles. The molecule has 1 aliphatic carbocycles. The van der Waals surface area contributed by atoms with Crippen LogP contribution in [0.3, 0.4) is 0 Å². The Balaban J connectivity index is 1.69. The highest BCUT2D eigenvalue weighted by Crippen LogP contribution is 2.28. The second-order valence-electron chi connectivity index (χ2n) is 5.06. The number of carbonyl (C=O) groups excluding carboxylic acids is 1. The Labute approximate surface area is 114 Å². The van der Waals surface area contributed by atoms with Gasteiger partial charge in [-0.3, -0.25) is 4.79 Å². The molecule has 0 aliphatic heterocycles. The fraction of sp³-hybridized carbons (Fsp3) is 0.533. The summed E-state index contributed by atoms with van der Waals surface area (Å²) < 4.78 is 0. The summed E-state index contributed by atoms with van der Waals surface area (Å²) in [6, 6.07) is 7.63. The highest BCUT2D eigenvalue weighted by molar-refractivity contribution is 6.31. The SMILES string of the molecule is O=C(CCC1CCCC1)NCc1ccccc1Cl. The lowest BCUT2D eigenvalue weighted by Crippen LogP contribution is -2.23. The van der Waals surface area contributed by atoms with Gasteiger partial charge in [-0.25, -0.2) is 0 Å². The predicted octanol–water partition coefficient (Wildman–Crippen LogP) is 3.93. The zero-order valence-electron chi connectivity index (χ0n) is 10.6. The zero-order chi connectivity index (χ0) is 12.8. The summed E-state index contributed by atoms with van der Waals surface area (Å²) in [4.78, 5) is 11.7. The first kappa shape index (κ1) is 13.4. The third-order valence-electron chi connectivity index (χ3n) is 3.69. The van der Waals surface area contributed by atoms with Gasteiger partial charge in [0.15, 0.2) is 0 Å². The van der Waals surface area contributed by atoms with Gasteiger partial charge < -0.3 is 5.32 Å². The molecule has 0 unspecified atom stereocenters. The topological polar surface area (TPSA) is 29.1 Å². The molecular weight excluding hydrogens is 246 g/mol.